The number of ketones is 1. The molecule has 1 aromatic heterocycles. The molecule has 2 heterocycles. The van der Waals surface area contributed by atoms with Crippen molar-refractivity contribution in [2.45, 2.75) is 70.0 Å². The van der Waals surface area contributed by atoms with Gasteiger partial charge < -0.3 is 35.3 Å². The van der Waals surface area contributed by atoms with E-state index in [1.807, 2.05) is 0 Å². The average molecular weight is 674 g/mol. The molecular formula is C33H47N5O8S. The lowest BCUT2D eigenvalue weighted by Crippen LogP contribution is -2.56. The van der Waals surface area contributed by atoms with E-state index in [2.05, 4.69) is 10.3 Å². The van der Waals surface area contributed by atoms with E-state index >= 15 is 0 Å². The van der Waals surface area contributed by atoms with Crippen LogP contribution in [0, 0.1) is 5.92 Å². The molecule has 4 N–H and O–H groups in total. The van der Waals surface area contributed by atoms with Crippen molar-refractivity contribution < 1.29 is 38.5 Å². The zero-order chi connectivity index (χ0) is 33.8. The third-order valence-corrected chi connectivity index (χ3v) is 9.70. The number of benzene rings is 1. The number of nitrogens with one attached hydrogen (secondary N) is 1. The van der Waals surface area contributed by atoms with Crippen LogP contribution in [-0.4, -0.2) is 109 Å². The molecule has 2 aliphatic rings. The number of likely N-dealkylation sites (tertiary alicyclic amines) is 1. The fourth-order valence-corrected chi connectivity index (χ4v) is 6.92. The van der Waals surface area contributed by atoms with Gasteiger partial charge in [-0.05, 0) is 50.7 Å². The molecule has 1 aliphatic carbocycles. The van der Waals surface area contributed by atoms with Crippen LogP contribution >= 0.6 is 11.3 Å². The van der Waals surface area contributed by atoms with Crippen molar-refractivity contribution in [3.05, 3.63) is 45.9 Å². The van der Waals surface area contributed by atoms with Crippen LogP contribution in [-0.2, 0) is 19.1 Å². The second-order valence-electron chi connectivity index (χ2n) is 11.9. The van der Waals surface area contributed by atoms with Gasteiger partial charge in [0.2, 0.25) is 17.6 Å². The molecule has 2 unspecified atom stereocenters. The third-order valence-electron chi connectivity index (χ3n) is 8.75. The van der Waals surface area contributed by atoms with E-state index < -0.39 is 24.1 Å². The average Bonchev–Trinajstić information content (AvgIpc) is 3.78. The van der Waals surface area contributed by atoms with Crippen molar-refractivity contribution in [2.24, 2.45) is 11.7 Å². The van der Waals surface area contributed by atoms with Crippen LogP contribution in [0.4, 0.5) is 4.79 Å². The molecule has 2 fully saturated rings. The molecule has 47 heavy (non-hydrogen) atoms. The number of likely N-dealkylation sites (N-methyl/N-ethyl adjacent to an activating group) is 1. The number of thiazole rings is 1. The number of hydrogen-bond donors (Lipinski definition) is 3. The smallest absolute Gasteiger partial charge is 0.407 e. The van der Waals surface area contributed by atoms with E-state index in [1.54, 1.807) is 34.5 Å². The standard InChI is InChI=1S/C33H47N5O8S/c1-22(37(2)33(42)43)30(40)36-28(23-8-4-3-5-9-23)32(41)38-14-7-12-27(38)31-35-26(21-47-31)29(39)24-10-6-11-25(20-24)46-19-18-45-17-16-44-15-13-34/h6,10-11,20-23,27-28H,3-5,7-9,12-19,34H2,1-2H3,(H,36,40)(H,42,43)/t22?,27?,28-/m0/s1. The third kappa shape index (κ3) is 9.95. The highest BCUT2D eigenvalue weighted by Gasteiger charge is 2.40. The Morgan fingerprint density at radius 3 is 2.51 bits per heavy atom. The molecule has 13 nitrogen and oxygen atoms in total. The Morgan fingerprint density at radius 2 is 1.79 bits per heavy atom. The van der Waals surface area contributed by atoms with Crippen molar-refractivity contribution in [1.82, 2.24) is 20.1 Å². The first-order chi connectivity index (χ1) is 22.7. The van der Waals surface area contributed by atoms with Gasteiger partial charge in [-0.15, -0.1) is 11.3 Å². The molecule has 14 heteroatoms. The van der Waals surface area contributed by atoms with Crippen molar-refractivity contribution in [2.75, 3.05) is 53.2 Å². The zero-order valence-corrected chi connectivity index (χ0v) is 28.0. The quantitative estimate of drug-likeness (QED) is 0.167. The SMILES string of the molecule is CC(C(=O)N[C@H](C(=O)N1CCCC1c1nc(C(=O)c2cccc(OCCOCCOCCN)c2)cs1)C1CCCCC1)N(C)C(=O)O. The number of hydrogen-bond acceptors (Lipinski definition) is 10. The normalized spacial score (nSPS) is 18.0. The Balaban J connectivity index is 1.40. The van der Waals surface area contributed by atoms with Crippen molar-refractivity contribution in [3.63, 3.8) is 0 Å². The number of nitrogens with zero attached hydrogens (tertiary/aromatic N) is 3. The van der Waals surface area contributed by atoms with Gasteiger partial charge in [-0.1, -0.05) is 31.4 Å². The van der Waals surface area contributed by atoms with E-state index in [1.165, 1.54) is 25.3 Å². The van der Waals surface area contributed by atoms with E-state index in [0.29, 0.717) is 74.6 Å². The molecule has 258 valence electrons. The molecule has 4 rings (SSSR count). The number of carbonyl (C=O) groups excluding carboxylic acids is 3. The van der Waals surface area contributed by atoms with Crippen LogP contribution in [0.25, 0.3) is 0 Å². The first-order valence-corrected chi connectivity index (χ1v) is 17.2. The molecular weight excluding hydrogens is 626 g/mol. The van der Waals surface area contributed by atoms with Gasteiger partial charge in [-0.2, -0.15) is 0 Å². The van der Waals surface area contributed by atoms with Crippen LogP contribution in [0.3, 0.4) is 0 Å². The highest BCUT2D eigenvalue weighted by molar-refractivity contribution is 7.10. The molecule has 3 amide bonds. The molecule has 0 radical (unpaired) electrons. The number of aromatic nitrogens is 1. The summed E-state index contributed by atoms with van der Waals surface area (Å²) in [7, 11) is 1.34. The zero-order valence-electron chi connectivity index (χ0n) is 27.2. The second kappa shape index (κ2) is 18.1. The second-order valence-corrected chi connectivity index (χ2v) is 12.8. The lowest BCUT2D eigenvalue weighted by atomic mass is 9.83. The van der Waals surface area contributed by atoms with Crippen LogP contribution in [0.1, 0.15) is 79.0 Å². The highest BCUT2D eigenvalue weighted by Crippen LogP contribution is 2.36. The summed E-state index contributed by atoms with van der Waals surface area (Å²) in [5, 5.41) is 14.7. The van der Waals surface area contributed by atoms with Gasteiger partial charge in [0.25, 0.3) is 0 Å². The summed E-state index contributed by atoms with van der Waals surface area (Å²) < 4.78 is 16.5. The minimum absolute atomic E-state index is 0.0337. The van der Waals surface area contributed by atoms with Crippen LogP contribution in [0.5, 0.6) is 5.75 Å². The number of ether oxygens (including phenoxy) is 3. The van der Waals surface area contributed by atoms with Crippen molar-refractivity contribution in [3.8, 4) is 5.75 Å². The molecule has 0 bridgehead atoms. The van der Waals surface area contributed by atoms with Crippen LogP contribution in [0.15, 0.2) is 29.6 Å². The maximum absolute atomic E-state index is 14.1. The molecule has 1 aliphatic heterocycles. The minimum atomic E-state index is -1.22. The lowest BCUT2D eigenvalue weighted by molar-refractivity contribution is -0.140. The van der Waals surface area contributed by atoms with Crippen LogP contribution < -0.4 is 15.8 Å². The predicted octanol–water partition coefficient (Wildman–Crippen LogP) is 3.47. The largest absolute Gasteiger partial charge is 0.491 e. The predicted molar refractivity (Wildman–Crippen MR) is 176 cm³/mol. The summed E-state index contributed by atoms with van der Waals surface area (Å²) in [6, 6.07) is 4.90. The van der Waals surface area contributed by atoms with E-state index in [9.17, 15) is 24.3 Å². The Labute approximate surface area is 279 Å². The first kappa shape index (κ1) is 36.2. The molecule has 1 saturated heterocycles. The highest BCUT2D eigenvalue weighted by atomic mass is 32.1. The van der Waals surface area contributed by atoms with Gasteiger partial charge in [0.1, 0.15) is 35.1 Å². The summed E-state index contributed by atoms with van der Waals surface area (Å²) >= 11 is 1.34. The van der Waals surface area contributed by atoms with Gasteiger partial charge in [0.05, 0.1) is 32.5 Å². The maximum atomic E-state index is 14.1. The van der Waals surface area contributed by atoms with Crippen molar-refractivity contribution >= 4 is 35.0 Å². The van der Waals surface area contributed by atoms with E-state index in [0.717, 1.165) is 43.4 Å². The number of amides is 3. The summed E-state index contributed by atoms with van der Waals surface area (Å²) in [6.07, 6.45) is 4.91. The molecule has 3 atom stereocenters. The Bertz CT molecular complexity index is 1350. The monoisotopic (exact) mass is 673 g/mol. The molecule has 1 saturated carbocycles. The summed E-state index contributed by atoms with van der Waals surface area (Å²) in [6.45, 7) is 4.59. The number of nitrogens with two attached hydrogens (primary N) is 1. The Morgan fingerprint density at radius 1 is 1.06 bits per heavy atom. The van der Waals surface area contributed by atoms with E-state index in [4.69, 9.17) is 19.9 Å². The molecule has 2 aromatic rings. The van der Waals surface area contributed by atoms with E-state index in [-0.39, 0.29) is 23.7 Å². The minimum Gasteiger partial charge on any atom is -0.491 e. The number of carboxylic acid groups (broad SMARTS) is 1. The summed E-state index contributed by atoms with van der Waals surface area (Å²) in [5.74, 6) is -0.414. The lowest BCUT2D eigenvalue weighted by Gasteiger charge is -2.35. The van der Waals surface area contributed by atoms with Gasteiger partial charge in [0, 0.05) is 31.1 Å². The topological polar surface area (TPSA) is 174 Å². The maximum Gasteiger partial charge on any atom is 0.407 e. The fourth-order valence-electron chi connectivity index (χ4n) is 5.97. The van der Waals surface area contributed by atoms with Gasteiger partial charge in [-0.3, -0.25) is 19.3 Å². The fraction of sp³-hybridized carbons (Fsp3) is 0.606. The van der Waals surface area contributed by atoms with Crippen molar-refractivity contribution in [1.29, 1.82) is 0 Å². The number of rotatable bonds is 17. The molecule has 0 spiro atoms. The summed E-state index contributed by atoms with van der Waals surface area (Å²) in [5.41, 5.74) is 6.12. The van der Waals surface area contributed by atoms with Crippen LogP contribution in [0.2, 0.25) is 0 Å². The Kier molecular flexibility index (Phi) is 13.9. The van der Waals surface area contributed by atoms with Gasteiger partial charge in [-0.25, -0.2) is 9.78 Å². The number of carbonyl (C=O) groups is 4. The summed E-state index contributed by atoms with van der Waals surface area (Å²) in [4.78, 5) is 59.5. The molecule has 1 aromatic carbocycles. The van der Waals surface area contributed by atoms with Gasteiger partial charge in [0.15, 0.2) is 0 Å². The Hall–Kier alpha value is -3.59. The first-order valence-electron chi connectivity index (χ1n) is 16.4. The van der Waals surface area contributed by atoms with Gasteiger partial charge >= 0.3 is 6.09 Å².